The van der Waals surface area contributed by atoms with E-state index in [0.29, 0.717) is 17.8 Å². The molecule has 0 aliphatic heterocycles. The molecule has 1 aromatic carbocycles. The van der Waals surface area contributed by atoms with E-state index in [1.54, 1.807) is 23.9 Å². The predicted octanol–water partition coefficient (Wildman–Crippen LogP) is 3.60. The summed E-state index contributed by atoms with van der Waals surface area (Å²) in [6.07, 6.45) is 3.05. The van der Waals surface area contributed by atoms with Gasteiger partial charge in [-0.3, -0.25) is 9.40 Å². The van der Waals surface area contributed by atoms with Crippen molar-refractivity contribution in [1.29, 1.82) is 0 Å². The largest absolute Gasteiger partial charge is 0.465 e. The molecular weight excluding hydrogens is 501 g/mol. The summed E-state index contributed by atoms with van der Waals surface area (Å²) in [4.78, 5) is 20.9. The molecule has 1 amide bonds. The molecule has 2 aromatic heterocycles. The third kappa shape index (κ3) is 6.36. The summed E-state index contributed by atoms with van der Waals surface area (Å²) in [5.74, 6) is -0.588. The van der Waals surface area contributed by atoms with Gasteiger partial charge in [0.1, 0.15) is 5.69 Å². The molecule has 0 aliphatic carbocycles. The Balaban J connectivity index is 2.02. The van der Waals surface area contributed by atoms with Gasteiger partial charge in [0.25, 0.3) is 0 Å². The molecule has 0 unspecified atom stereocenters. The number of anilines is 2. The first-order chi connectivity index (χ1) is 16.4. The molecule has 3 N–H and O–H groups in total. The van der Waals surface area contributed by atoms with Crippen LogP contribution < -0.4 is 10.0 Å². The van der Waals surface area contributed by atoms with Gasteiger partial charge in [-0.05, 0) is 32.0 Å². The highest BCUT2D eigenvalue weighted by atomic mass is 35.5. The molecule has 3 rings (SSSR count). The van der Waals surface area contributed by atoms with Crippen LogP contribution in [0.2, 0.25) is 5.02 Å². The van der Waals surface area contributed by atoms with Gasteiger partial charge in [-0.1, -0.05) is 11.6 Å². The first kappa shape index (κ1) is 26.2. The smallest absolute Gasteiger partial charge is 0.407 e. The van der Waals surface area contributed by atoms with E-state index < -0.39 is 21.9 Å². The lowest BCUT2D eigenvalue weighted by Crippen LogP contribution is -2.38. The molecule has 0 saturated carbocycles. The number of likely N-dealkylation sites (N-methyl/N-ethyl adjacent to an activating group) is 1. The van der Waals surface area contributed by atoms with Crippen LogP contribution in [0.3, 0.4) is 0 Å². The number of halogens is 2. The van der Waals surface area contributed by atoms with Crippen LogP contribution >= 0.6 is 11.6 Å². The Bertz CT molecular complexity index is 1350. The molecule has 0 bridgehead atoms. The molecule has 14 heteroatoms. The van der Waals surface area contributed by atoms with Gasteiger partial charge in [0.05, 0.1) is 17.6 Å². The highest BCUT2D eigenvalue weighted by Gasteiger charge is 2.22. The summed E-state index contributed by atoms with van der Waals surface area (Å²) in [5.41, 5.74) is 0.809. The second kappa shape index (κ2) is 10.4. The zero-order valence-electron chi connectivity index (χ0n) is 19.5. The molecule has 0 saturated heterocycles. The average molecular weight is 526 g/mol. The summed E-state index contributed by atoms with van der Waals surface area (Å²) in [7, 11) is -2.29. The first-order valence-electron chi connectivity index (χ1n) is 10.5. The van der Waals surface area contributed by atoms with Crippen molar-refractivity contribution < 1.29 is 22.7 Å². The quantitative estimate of drug-likeness (QED) is 0.384. The lowest BCUT2D eigenvalue weighted by Gasteiger charge is -2.21. The summed E-state index contributed by atoms with van der Waals surface area (Å²) >= 11 is 6.17. The number of aryl methyl sites for hydroxylation is 1. The van der Waals surface area contributed by atoms with Gasteiger partial charge in [-0.15, -0.1) is 0 Å². The van der Waals surface area contributed by atoms with Gasteiger partial charge in [-0.25, -0.2) is 27.6 Å². The van der Waals surface area contributed by atoms with Crippen LogP contribution in [0, 0.1) is 5.82 Å². The number of carbonyl (C=O) groups is 1. The molecule has 1 atom stereocenters. The second-order valence-corrected chi connectivity index (χ2v) is 10.0. The number of nitrogens with zero attached hydrogens (tertiary/aromatic N) is 5. The lowest BCUT2D eigenvalue weighted by atomic mass is 10.0. The summed E-state index contributed by atoms with van der Waals surface area (Å²) in [6, 6.07) is 3.82. The van der Waals surface area contributed by atoms with Crippen LogP contribution in [0.15, 0.2) is 30.6 Å². The standard InChI is InChI=1S/C21H25ClFN7O4S/c1-5-30-11-15(16-6-7-24-20(26-16)25-10-12(2)29(3)21(31)32)19(27-30)14-8-13(22)9-17(18(14)23)28-35(4,33)34/h6-9,11-12,28H,5,10H2,1-4H3,(H,31,32)(H,24,25,26)/t12-/m0/s1. The van der Waals surface area contributed by atoms with Crippen LogP contribution in [0.5, 0.6) is 0 Å². The molecule has 0 fully saturated rings. The molecule has 0 aliphatic rings. The molecule has 0 radical (unpaired) electrons. The van der Waals surface area contributed by atoms with Crippen LogP contribution in [0.4, 0.5) is 20.8 Å². The van der Waals surface area contributed by atoms with Crippen molar-refractivity contribution in [2.24, 2.45) is 0 Å². The van der Waals surface area contributed by atoms with Crippen LogP contribution in [-0.4, -0.2) is 70.2 Å². The van der Waals surface area contributed by atoms with Crippen LogP contribution in [-0.2, 0) is 16.6 Å². The van der Waals surface area contributed by atoms with Gasteiger partial charge in [-0.2, -0.15) is 5.10 Å². The minimum absolute atomic E-state index is 0.00400. The van der Waals surface area contributed by atoms with Crippen molar-refractivity contribution in [3.05, 3.63) is 41.4 Å². The SMILES string of the molecule is CCn1cc(-c2ccnc(NC[C@H](C)N(C)C(=O)O)n2)c(-c2cc(Cl)cc(NS(C)(=O)=O)c2F)n1. The fourth-order valence-electron chi connectivity index (χ4n) is 3.16. The maximum atomic E-state index is 15.4. The summed E-state index contributed by atoms with van der Waals surface area (Å²) in [5, 5.41) is 16.7. The van der Waals surface area contributed by atoms with E-state index in [4.69, 9.17) is 16.7 Å². The van der Waals surface area contributed by atoms with Gasteiger partial charge < -0.3 is 15.3 Å². The Morgan fingerprint density at radius 3 is 2.69 bits per heavy atom. The third-order valence-corrected chi connectivity index (χ3v) is 5.93. The molecule has 3 aromatic rings. The molecule has 0 spiro atoms. The van der Waals surface area contributed by atoms with Gasteiger partial charge in [0.15, 0.2) is 5.82 Å². The highest BCUT2D eigenvalue weighted by molar-refractivity contribution is 7.92. The van der Waals surface area contributed by atoms with Crippen molar-refractivity contribution in [2.75, 3.05) is 29.9 Å². The number of hydrogen-bond acceptors (Lipinski definition) is 7. The van der Waals surface area contributed by atoms with E-state index in [2.05, 4.69) is 25.1 Å². The summed E-state index contributed by atoms with van der Waals surface area (Å²) < 4.78 is 42.5. The number of hydrogen-bond donors (Lipinski definition) is 3. The fourth-order valence-corrected chi connectivity index (χ4v) is 3.93. The average Bonchev–Trinajstić information content (AvgIpc) is 3.22. The maximum absolute atomic E-state index is 15.4. The molecular formula is C21H25ClFN7O4S. The Kier molecular flexibility index (Phi) is 7.80. The van der Waals surface area contributed by atoms with E-state index in [1.165, 1.54) is 25.4 Å². The number of carboxylic acid groups (broad SMARTS) is 1. The highest BCUT2D eigenvalue weighted by Crippen LogP contribution is 2.36. The van der Waals surface area contributed by atoms with Crippen molar-refractivity contribution in [1.82, 2.24) is 24.6 Å². The Hall–Kier alpha value is -3.45. The van der Waals surface area contributed by atoms with Crippen molar-refractivity contribution in [3.63, 3.8) is 0 Å². The van der Waals surface area contributed by atoms with Gasteiger partial charge >= 0.3 is 6.09 Å². The number of nitrogens with one attached hydrogen (secondary N) is 2. The minimum Gasteiger partial charge on any atom is -0.465 e. The number of sulfonamides is 1. The van der Waals surface area contributed by atoms with Crippen molar-refractivity contribution in [2.45, 2.75) is 26.4 Å². The molecule has 188 valence electrons. The second-order valence-electron chi connectivity index (χ2n) is 7.83. The Labute approximate surface area is 207 Å². The van der Waals surface area contributed by atoms with E-state index in [9.17, 15) is 13.2 Å². The van der Waals surface area contributed by atoms with Crippen LogP contribution in [0.25, 0.3) is 22.5 Å². The number of aromatic nitrogens is 4. The maximum Gasteiger partial charge on any atom is 0.407 e. The van der Waals surface area contributed by atoms with Crippen molar-refractivity contribution >= 4 is 39.4 Å². The van der Waals surface area contributed by atoms with E-state index >= 15 is 4.39 Å². The number of benzene rings is 1. The van der Waals surface area contributed by atoms with Gasteiger partial charge in [0.2, 0.25) is 16.0 Å². The lowest BCUT2D eigenvalue weighted by molar-refractivity contribution is 0.144. The molecule has 35 heavy (non-hydrogen) atoms. The normalized spacial score (nSPS) is 12.3. The third-order valence-electron chi connectivity index (χ3n) is 5.12. The number of rotatable bonds is 9. The van der Waals surface area contributed by atoms with Gasteiger partial charge in [0, 0.05) is 54.7 Å². The zero-order chi connectivity index (χ0) is 25.9. The number of amides is 1. The topological polar surface area (TPSA) is 142 Å². The fraction of sp³-hybridized carbons (Fsp3) is 0.333. The Morgan fingerprint density at radius 2 is 2.06 bits per heavy atom. The first-order valence-corrected chi connectivity index (χ1v) is 12.7. The monoisotopic (exact) mass is 525 g/mol. The van der Waals surface area contributed by atoms with Crippen molar-refractivity contribution in [3.8, 4) is 22.5 Å². The molecule has 11 nitrogen and oxygen atoms in total. The zero-order valence-corrected chi connectivity index (χ0v) is 21.0. The van der Waals surface area contributed by atoms with E-state index in [0.717, 1.165) is 11.2 Å². The minimum atomic E-state index is -3.75. The van der Waals surface area contributed by atoms with Crippen LogP contribution in [0.1, 0.15) is 13.8 Å². The molecule has 2 heterocycles. The van der Waals surface area contributed by atoms with E-state index in [-0.39, 0.29) is 40.5 Å². The van der Waals surface area contributed by atoms with E-state index in [1.807, 2.05) is 6.92 Å². The Morgan fingerprint density at radius 1 is 1.34 bits per heavy atom. The predicted molar refractivity (Wildman–Crippen MR) is 132 cm³/mol. The summed E-state index contributed by atoms with van der Waals surface area (Å²) in [6.45, 7) is 4.34.